The first-order valence-corrected chi connectivity index (χ1v) is 5.17. The molecule has 0 N–H and O–H groups in total. The van der Waals surface area contributed by atoms with Crippen LogP contribution in [-0.2, 0) is 0 Å². The minimum absolute atomic E-state index is 1.10. The van der Waals surface area contributed by atoms with Crippen LogP contribution in [0.4, 0.5) is 0 Å². The van der Waals surface area contributed by atoms with E-state index >= 15 is 0 Å². The van der Waals surface area contributed by atoms with Gasteiger partial charge in [-0.2, -0.15) is 0 Å². The van der Waals surface area contributed by atoms with E-state index in [0.717, 1.165) is 6.42 Å². The molecular formula is C14H18. The van der Waals surface area contributed by atoms with Gasteiger partial charge in [0.2, 0.25) is 0 Å². The number of hydrogen-bond donors (Lipinski definition) is 0. The first-order valence-electron chi connectivity index (χ1n) is 5.17. The Morgan fingerprint density at radius 2 is 1.86 bits per heavy atom. The average molecular weight is 186 g/mol. The minimum Gasteiger partial charge on any atom is -0.0819 e. The first kappa shape index (κ1) is 10.8. The van der Waals surface area contributed by atoms with Crippen LogP contribution in [0, 0.1) is 0 Å². The zero-order valence-corrected chi connectivity index (χ0v) is 9.25. The molecule has 74 valence electrons. The maximum atomic E-state index is 2.24. The Morgan fingerprint density at radius 3 is 2.43 bits per heavy atom. The van der Waals surface area contributed by atoms with Gasteiger partial charge in [-0.3, -0.25) is 0 Å². The molecule has 1 aromatic rings. The molecule has 0 heteroatoms. The number of benzene rings is 1. The lowest BCUT2D eigenvalue weighted by Crippen LogP contribution is -2.23. The van der Waals surface area contributed by atoms with Crippen LogP contribution in [0.15, 0.2) is 35.9 Å². The molecule has 0 bridgehead atoms. The van der Waals surface area contributed by atoms with Gasteiger partial charge in [-0.05, 0) is 30.7 Å². The molecule has 1 aromatic carbocycles. The van der Waals surface area contributed by atoms with Crippen molar-refractivity contribution in [3.05, 3.63) is 46.4 Å². The summed E-state index contributed by atoms with van der Waals surface area (Å²) in [4.78, 5) is 0. The molecule has 0 saturated heterocycles. The second-order valence-corrected chi connectivity index (χ2v) is 3.42. The van der Waals surface area contributed by atoms with E-state index in [1.165, 1.54) is 16.0 Å². The summed E-state index contributed by atoms with van der Waals surface area (Å²) in [5, 5.41) is 2.61. The minimum atomic E-state index is 1.10. The molecule has 14 heavy (non-hydrogen) atoms. The fourth-order valence-electron chi connectivity index (χ4n) is 1.53. The highest BCUT2D eigenvalue weighted by Gasteiger charge is 1.84. The summed E-state index contributed by atoms with van der Waals surface area (Å²) in [6, 6.07) is 8.46. The molecule has 0 fully saturated rings. The van der Waals surface area contributed by atoms with Gasteiger partial charge in [-0.1, -0.05) is 55.0 Å². The van der Waals surface area contributed by atoms with Crippen LogP contribution in [0.3, 0.4) is 0 Å². The van der Waals surface area contributed by atoms with E-state index in [9.17, 15) is 0 Å². The SMILES string of the molecule is C/C=c1/cccc/c1=C/C(C)=C/CC. The van der Waals surface area contributed by atoms with E-state index in [4.69, 9.17) is 0 Å². The second-order valence-electron chi connectivity index (χ2n) is 3.42. The molecule has 0 aromatic heterocycles. The normalized spacial score (nSPS) is 14.9. The molecule has 0 spiro atoms. The van der Waals surface area contributed by atoms with Gasteiger partial charge in [0.05, 0.1) is 0 Å². The summed E-state index contributed by atoms with van der Waals surface area (Å²) >= 11 is 0. The summed E-state index contributed by atoms with van der Waals surface area (Å²) < 4.78 is 0. The number of hydrogen-bond acceptors (Lipinski definition) is 0. The largest absolute Gasteiger partial charge is 0.0819 e. The van der Waals surface area contributed by atoms with E-state index in [-0.39, 0.29) is 0 Å². The van der Waals surface area contributed by atoms with E-state index in [1.54, 1.807) is 0 Å². The van der Waals surface area contributed by atoms with Crippen LogP contribution < -0.4 is 10.4 Å². The Kier molecular flexibility index (Phi) is 4.18. The van der Waals surface area contributed by atoms with Gasteiger partial charge < -0.3 is 0 Å². The summed E-state index contributed by atoms with van der Waals surface area (Å²) in [6.45, 7) is 6.39. The van der Waals surface area contributed by atoms with Crippen molar-refractivity contribution < 1.29 is 0 Å². The lowest BCUT2D eigenvalue weighted by Gasteiger charge is -1.92. The van der Waals surface area contributed by atoms with Crippen LogP contribution in [0.1, 0.15) is 27.2 Å². The molecule has 0 aliphatic rings. The third kappa shape index (κ3) is 2.88. The molecule has 0 heterocycles. The molecule has 0 atom stereocenters. The average Bonchev–Trinajstić information content (AvgIpc) is 2.19. The molecule has 0 saturated carbocycles. The Labute approximate surface area is 86.3 Å². The van der Waals surface area contributed by atoms with E-state index in [1.807, 2.05) is 0 Å². The Hall–Kier alpha value is -1.30. The highest BCUT2D eigenvalue weighted by atomic mass is 13.9. The van der Waals surface area contributed by atoms with Crippen molar-refractivity contribution in [1.29, 1.82) is 0 Å². The van der Waals surface area contributed by atoms with Gasteiger partial charge in [0.15, 0.2) is 0 Å². The maximum Gasteiger partial charge on any atom is -0.0185 e. The molecule has 0 unspecified atom stereocenters. The molecule has 0 nitrogen and oxygen atoms in total. The van der Waals surface area contributed by atoms with Gasteiger partial charge >= 0.3 is 0 Å². The van der Waals surface area contributed by atoms with Gasteiger partial charge in [0.25, 0.3) is 0 Å². The highest BCUT2D eigenvalue weighted by Crippen LogP contribution is 1.95. The van der Waals surface area contributed by atoms with E-state index < -0.39 is 0 Å². The van der Waals surface area contributed by atoms with Crippen molar-refractivity contribution >= 4 is 12.2 Å². The van der Waals surface area contributed by atoms with Crippen molar-refractivity contribution in [3.8, 4) is 0 Å². The standard InChI is InChI=1S/C14H18/c1-4-8-12(3)11-14-10-7-6-9-13(14)5-2/h5-11H,4H2,1-3H3/b12-8+,13-5-,14-11-. The predicted octanol–water partition coefficient (Wildman–Crippen LogP) is 2.62. The van der Waals surface area contributed by atoms with Gasteiger partial charge in [-0.15, -0.1) is 0 Å². The van der Waals surface area contributed by atoms with Crippen LogP contribution >= 0.6 is 0 Å². The molecule has 0 amide bonds. The fourth-order valence-corrected chi connectivity index (χ4v) is 1.53. The van der Waals surface area contributed by atoms with E-state index in [2.05, 4.69) is 63.3 Å². The smallest absolute Gasteiger partial charge is 0.0185 e. The van der Waals surface area contributed by atoms with Gasteiger partial charge in [-0.25, -0.2) is 0 Å². The molecule has 0 aliphatic heterocycles. The lowest BCUT2D eigenvalue weighted by atomic mass is 10.1. The van der Waals surface area contributed by atoms with Gasteiger partial charge in [0, 0.05) is 0 Å². The summed E-state index contributed by atoms with van der Waals surface area (Å²) in [5.41, 5.74) is 1.34. The van der Waals surface area contributed by atoms with Crippen molar-refractivity contribution in [2.24, 2.45) is 0 Å². The molecule has 1 rings (SSSR count). The van der Waals surface area contributed by atoms with Crippen molar-refractivity contribution in [1.82, 2.24) is 0 Å². The van der Waals surface area contributed by atoms with Crippen molar-refractivity contribution in [2.75, 3.05) is 0 Å². The monoisotopic (exact) mass is 186 g/mol. The summed E-state index contributed by atoms with van der Waals surface area (Å²) in [6.07, 6.45) is 7.72. The fraction of sp³-hybridized carbons (Fsp3) is 0.286. The van der Waals surface area contributed by atoms with Crippen molar-refractivity contribution in [3.63, 3.8) is 0 Å². The maximum absolute atomic E-state index is 2.24. The summed E-state index contributed by atoms with van der Waals surface area (Å²) in [7, 11) is 0. The predicted molar refractivity (Wildman–Crippen MR) is 64.3 cm³/mol. The van der Waals surface area contributed by atoms with E-state index in [0.29, 0.717) is 0 Å². The molecular weight excluding hydrogens is 168 g/mol. The Morgan fingerprint density at radius 1 is 1.21 bits per heavy atom. The number of allylic oxidation sites excluding steroid dienone is 2. The Bertz CT molecular complexity index is 422. The highest BCUT2D eigenvalue weighted by molar-refractivity contribution is 5.46. The number of rotatable bonds is 2. The molecule has 0 radical (unpaired) electrons. The van der Waals surface area contributed by atoms with Crippen LogP contribution in [0.25, 0.3) is 12.2 Å². The Balaban J connectivity index is 3.26. The lowest BCUT2D eigenvalue weighted by molar-refractivity contribution is 1.20. The van der Waals surface area contributed by atoms with Crippen LogP contribution in [0.5, 0.6) is 0 Å². The summed E-state index contributed by atoms with van der Waals surface area (Å²) in [5.74, 6) is 0. The quantitative estimate of drug-likeness (QED) is 0.666. The first-order chi connectivity index (χ1) is 6.77. The molecule has 0 aliphatic carbocycles. The second kappa shape index (κ2) is 5.43. The van der Waals surface area contributed by atoms with Crippen molar-refractivity contribution in [2.45, 2.75) is 27.2 Å². The zero-order chi connectivity index (χ0) is 10.4. The third-order valence-electron chi connectivity index (χ3n) is 2.22. The van der Waals surface area contributed by atoms with Gasteiger partial charge in [0.1, 0.15) is 0 Å². The van der Waals surface area contributed by atoms with Crippen LogP contribution in [-0.4, -0.2) is 0 Å². The third-order valence-corrected chi connectivity index (χ3v) is 2.22. The zero-order valence-electron chi connectivity index (χ0n) is 9.25. The topological polar surface area (TPSA) is 0 Å². The van der Waals surface area contributed by atoms with Crippen LogP contribution in [0.2, 0.25) is 0 Å².